The zero-order valence-electron chi connectivity index (χ0n) is 14.6. The summed E-state index contributed by atoms with van der Waals surface area (Å²) in [6.45, 7) is 3.32. The van der Waals surface area contributed by atoms with Crippen LogP contribution in [0.25, 0.3) is 5.69 Å². The van der Waals surface area contributed by atoms with Gasteiger partial charge < -0.3 is 0 Å². The van der Waals surface area contributed by atoms with Crippen LogP contribution in [0.2, 0.25) is 10.0 Å². The van der Waals surface area contributed by atoms with Gasteiger partial charge in [-0.1, -0.05) is 41.0 Å². The van der Waals surface area contributed by atoms with Gasteiger partial charge >= 0.3 is 0 Å². The van der Waals surface area contributed by atoms with Crippen LogP contribution in [0.1, 0.15) is 11.1 Å². The maximum atomic E-state index is 13.0. The maximum absolute atomic E-state index is 13.0. The number of aryl methyl sites for hydroxylation is 1. The molecule has 0 aliphatic heterocycles. The highest BCUT2D eigenvalue weighted by molar-refractivity contribution is 7.98. The molecule has 0 saturated carbocycles. The lowest BCUT2D eigenvalue weighted by molar-refractivity contribution is 0.600. The number of rotatable bonds is 5. The topological polar surface area (TPSA) is 89.8 Å². The van der Waals surface area contributed by atoms with E-state index < -0.39 is 10.0 Å². The van der Waals surface area contributed by atoms with Crippen LogP contribution < -0.4 is 4.72 Å². The van der Waals surface area contributed by atoms with E-state index in [0.29, 0.717) is 32.7 Å². The summed E-state index contributed by atoms with van der Waals surface area (Å²) in [6.07, 6.45) is 1.85. The Kier molecular flexibility index (Phi) is 5.66. The molecule has 3 aromatic rings. The predicted octanol–water partition coefficient (Wildman–Crippen LogP) is 4.11. The first-order valence-corrected chi connectivity index (χ1v) is 11.1. The highest BCUT2D eigenvalue weighted by Gasteiger charge is 2.24. The summed E-state index contributed by atoms with van der Waals surface area (Å²) in [4.78, 5) is -0.0354. The third-order valence-corrected chi connectivity index (χ3v) is 6.99. The van der Waals surface area contributed by atoms with Crippen molar-refractivity contribution in [1.29, 1.82) is 0 Å². The molecule has 7 nitrogen and oxygen atoms in total. The Bertz CT molecular complexity index is 1090. The van der Waals surface area contributed by atoms with Crippen LogP contribution in [0.3, 0.4) is 0 Å². The van der Waals surface area contributed by atoms with Crippen LogP contribution in [-0.4, -0.2) is 34.9 Å². The van der Waals surface area contributed by atoms with Gasteiger partial charge in [0.15, 0.2) is 0 Å². The van der Waals surface area contributed by atoms with E-state index in [1.165, 1.54) is 16.4 Å². The van der Waals surface area contributed by atoms with Crippen LogP contribution >= 0.6 is 35.0 Å². The molecule has 0 atom stereocenters. The quantitative estimate of drug-likeness (QED) is 0.596. The summed E-state index contributed by atoms with van der Waals surface area (Å²) in [5.41, 5.74) is 1.94. The molecule has 3 rings (SSSR count). The van der Waals surface area contributed by atoms with Crippen LogP contribution in [0, 0.1) is 13.8 Å². The number of halogens is 2. The minimum atomic E-state index is -3.95. The number of hydrogen-bond donors (Lipinski definition) is 1. The van der Waals surface area contributed by atoms with Crippen molar-refractivity contribution >= 4 is 50.7 Å². The van der Waals surface area contributed by atoms with Crippen molar-refractivity contribution in [3.8, 4) is 5.69 Å². The van der Waals surface area contributed by atoms with E-state index >= 15 is 0 Å². The van der Waals surface area contributed by atoms with Crippen molar-refractivity contribution in [2.45, 2.75) is 23.9 Å². The molecule has 27 heavy (non-hydrogen) atoms. The molecule has 0 fully saturated rings. The average Bonchev–Trinajstić information content (AvgIpc) is 3.08. The fraction of sp³-hybridized carbons (Fsp3) is 0.188. The lowest BCUT2D eigenvalue weighted by atomic mass is 10.2. The van der Waals surface area contributed by atoms with Gasteiger partial charge in [0.2, 0.25) is 5.16 Å². The number of hydrogen-bond acceptors (Lipinski definition) is 6. The van der Waals surface area contributed by atoms with Gasteiger partial charge in [-0.15, -0.1) is 5.10 Å². The van der Waals surface area contributed by atoms with Crippen molar-refractivity contribution in [3.05, 3.63) is 51.5 Å². The minimum Gasteiger partial charge on any atom is -0.280 e. The zero-order chi connectivity index (χ0) is 19.8. The number of nitrogens with one attached hydrogen (secondary N) is 1. The van der Waals surface area contributed by atoms with Crippen LogP contribution in [0.15, 0.2) is 40.4 Å². The molecule has 142 valence electrons. The fourth-order valence-electron chi connectivity index (χ4n) is 2.51. The molecule has 2 aromatic carbocycles. The lowest BCUT2D eigenvalue weighted by Gasteiger charge is -2.15. The van der Waals surface area contributed by atoms with Gasteiger partial charge in [-0.3, -0.25) is 4.72 Å². The molecule has 1 heterocycles. The molecule has 0 spiro atoms. The summed E-state index contributed by atoms with van der Waals surface area (Å²) in [5, 5.41) is 12.5. The van der Waals surface area contributed by atoms with Gasteiger partial charge in [-0.2, -0.15) is 4.68 Å². The molecule has 0 amide bonds. The van der Waals surface area contributed by atoms with E-state index in [1.54, 1.807) is 44.2 Å². The molecule has 0 aliphatic carbocycles. The Balaban J connectivity index is 2.02. The van der Waals surface area contributed by atoms with Crippen molar-refractivity contribution in [3.63, 3.8) is 0 Å². The van der Waals surface area contributed by atoms with E-state index in [-0.39, 0.29) is 9.92 Å². The summed E-state index contributed by atoms with van der Waals surface area (Å²) in [6, 6.07) is 8.38. The highest BCUT2D eigenvalue weighted by Crippen LogP contribution is 2.34. The molecule has 0 bridgehead atoms. The second kappa shape index (κ2) is 7.67. The van der Waals surface area contributed by atoms with E-state index in [1.807, 2.05) is 6.26 Å². The highest BCUT2D eigenvalue weighted by atomic mass is 35.5. The number of tetrazole rings is 1. The predicted molar refractivity (Wildman–Crippen MR) is 108 cm³/mol. The molecule has 0 saturated heterocycles. The molecule has 0 unspecified atom stereocenters. The van der Waals surface area contributed by atoms with Crippen LogP contribution in [0.5, 0.6) is 0 Å². The van der Waals surface area contributed by atoms with Crippen molar-refractivity contribution in [2.24, 2.45) is 0 Å². The molecular weight excluding hydrogens is 429 g/mol. The molecular formula is C16H15Cl2N5O2S2. The third-order valence-electron chi connectivity index (χ3n) is 3.82. The smallest absolute Gasteiger partial charge is 0.263 e. The fourth-order valence-corrected chi connectivity index (χ4v) is 5.21. The number of benzene rings is 2. The summed E-state index contributed by atoms with van der Waals surface area (Å²) in [5.74, 6) is 0. The van der Waals surface area contributed by atoms with Gasteiger partial charge in [-0.05, 0) is 65.9 Å². The SMILES string of the molecule is CSc1nnnn1-c1cccc(NS(=O)(=O)c2c(C)c(Cl)cc(C)c2Cl)c1. The average molecular weight is 444 g/mol. The maximum Gasteiger partial charge on any atom is 0.263 e. The number of sulfonamides is 1. The standard InChI is InChI=1S/C16H15Cl2N5O2S2/c1-9-7-13(17)10(2)15(14(9)18)27(24,25)20-11-5-4-6-12(8-11)23-16(26-3)19-21-22-23/h4-8,20H,1-3H3. The van der Waals surface area contributed by atoms with Crippen molar-refractivity contribution < 1.29 is 8.42 Å². The number of nitrogens with zero attached hydrogens (tertiary/aromatic N) is 4. The number of thioether (sulfide) groups is 1. The molecule has 0 aliphatic rings. The van der Waals surface area contributed by atoms with Gasteiger partial charge in [0.25, 0.3) is 10.0 Å². The monoisotopic (exact) mass is 443 g/mol. The number of aromatic nitrogens is 4. The van der Waals surface area contributed by atoms with E-state index in [9.17, 15) is 8.42 Å². The summed E-state index contributed by atoms with van der Waals surface area (Å²) in [7, 11) is -3.95. The largest absolute Gasteiger partial charge is 0.280 e. The zero-order valence-corrected chi connectivity index (χ0v) is 17.7. The lowest BCUT2D eigenvalue weighted by Crippen LogP contribution is -2.16. The van der Waals surface area contributed by atoms with Gasteiger partial charge in [-0.25, -0.2) is 8.42 Å². The van der Waals surface area contributed by atoms with Gasteiger partial charge in [0, 0.05) is 5.02 Å². The van der Waals surface area contributed by atoms with E-state index in [0.717, 1.165) is 0 Å². The van der Waals surface area contributed by atoms with Gasteiger partial charge in [0.1, 0.15) is 4.90 Å². The first kappa shape index (κ1) is 19.9. The normalized spacial score (nSPS) is 11.6. The summed E-state index contributed by atoms with van der Waals surface area (Å²) < 4.78 is 30.0. The minimum absolute atomic E-state index is 0.0354. The first-order valence-electron chi connectivity index (χ1n) is 7.65. The van der Waals surface area contributed by atoms with E-state index in [4.69, 9.17) is 23.2 Å². The number of anilines is 1. The van der Waals surface area contributed by atoms with Crippen LogP contribution in [0.4, 0.5) is 5.69 Å². The summed E-state index contributed by atoms with van der Waals surface area (Å²) >= 11 is 13.8. The van der Waals surface area contributed by atoms with Gasteiger partial charge in [0.05, 0.1) is 16.4 Å². The Labute approximate surface area is 171 Å². The first-order chi connectivity index (χ1) is 12.7. The molecule has 1 N–H and O–H groups in total. The third kappa shape index (κ3) is 3.91. The van der Waals surface area contributed by atoms with Crippen molar-refractivity contribution in [1.82, 2.24) is 20.2 Å². The Hall–Kier alpha value is -1.81. The van der Waals surface area contributed by atoms with Crippen molar-refractivity contribution in [2.75, 3.05) is 11.0 Å². The molecule has 1 aromatic heterocycles. The molecule has 11 heteroatoms. The van der Waals surface area contributed by atoms with E-state index in [2.05, 4.69) is 20.2 Å². The second-order valence-electron chi connectivity index (χ2n) is 5.68. The second-order valence-corrected chi connectivity index (χ2v) is 8.85. The Morgan fingerprint density at radius 3 is 2.63 bits per heavy atom. The Morgan fingerprint density at radius 1 is 1.19 bits per heavy atom. The van der Waals surface area contributed by atoms with Crippen LogP contribution in [-0.2, 0) is 10.0 Å². The Morgan fingerprint density at radius 2 is 1.93 bits per heavy atom. The molecule has 0 radical (unpaired) electrons.